The number of fused-ring (bicyclic) bond motifs is 3. The number of nitrogens with zero attached hydrogens (tertiary/aromatic N) is 4. The first-order chi connectivity index (χ1) is 13.3. The molecule has 0 aliphatic carbocycles. The van der Waals surface area contributed by atoms with Crippen LogP contribution in [0.1, 0.15) is 18.4 Å². The summed E-state index contributed by atoms with van der Waals surface area (Å²) in [5.74, 6) is 1.01. The summed E-state index contributed by atoms with van der Waals surface area (Å²) in [6.45, 7) is 3.22. The Morgan fingerprint density at radius 3 is 2.67 bits per heavy atom. The summed E-state index contributed by atoms with van der Waals surface area (Å²) < 4.78 is 0. The highest BCUT2D eigenvalue weighted by atomic mass is 35.5. The number of hydrogen-bond donors (Lipinski definition) is 0. The molecule has 2 unspecified atom stereocenters. The minimum absolute atomic E-state index is 0.577. The quantitative estimate of drug-likeness (QED) is 0.637. The lowest BCUT2D eigenvalue weighted by Crippen LogP contribution is -2.54. The van der Waals surface area contributed by atoms with Gasteiger partial charge in [-0.2, -0.15) is 0 Å². The number of aromatic nitrogens is 2. The average Bonchev–Trinajstić information content (AvgIpc) is 2.93. The van der Waals surface area contributed by atoms with Gasteiger partial charge in [0.2, 0.25) is 0 Å². The van der Waals surface area contributed by atoms with Crippen molar-refractivity contribution in [3.63, 3.8) is 0 Å². The zero-order valence-electron chi connectivity index (χ0n) is 15.3. The fourth-order valence-electron chi connectivity index (χ4n) is 4.66. The van der Waals surface area contributed by atoms with Gasteiger partial charge in [0.05, 0.1) is 0 Å². The number of anilines is 1. The van der Waals surface area contributed by atoms with Crippen LogP contribution in [-0.2, 0) is 6.42 Å². The van der Waals surface area contributed by atoms with Gasteiger partial charge in [0, 0.05) is 49.5 Å². The minimum atomic E-state index is 0.577. The number of hydrogen-bond acceptors (Lipinski definition) is 4. The van der Waals surface area contributed by atoms with Crippen molar-refractivity contribution < 1.29 is 0 Å². The number of halogens is 1. The summed E-state index contributed by atoms with van der Waals surface area (Å²) in [7, 11) is 0. The maximum atomic E-state index is 6.09. The van der Waals surface area contributed by atoms with Gasteiger partial charge in [0.15, 0.2) is 0 Å². The molecule has 0 amide bonds. The van der Waals surface area contributed by atoms with E-state index in [2.05, 4.69) is 50.1 Å². The highest BCUT2D eigenvalue weighted by Crippen LogP contribution is 2.32. The Hall–Kier alpha value is -2.17. The molecular formula is C22H23ClN4. The topological polar surface area (TPSA) is 32.3 Å². The van der Waals surface area contributed by atoms with Crippen LogP contribution >= 0.6 is 11.6 Å². The Morgan fingerprint density at radius 2 is 1.85 bits per heavy atom. The van der Waals surface area contributed by atoms with Gasteiger partial charge in [-0.1, -0.05) is 29.8 Å². The fraction of sp³-hybridized carbons (Fsp3) is 0.364. The Balaban J connectivity index is 1.27. The molecule has 0 radical (unpaired) electrons. The second kappa shape index (κ2) is 7.10. The van der Waals surface area contributed by atoms with Gasteiger partial charge in [-0.25, -0.2) is 4.98 Å². The zero-order chi connectivity index (χ0) is 18.2. The number of benzene rings is 1. The second-order valence-corrected chi connectivity index (χ2v) is 8.04. The summed E-state index contributed by atoms with van der Waals surface area (Å²) in [5.41, 5.74) is 1.40. The van der Waals surface area contributed by atoms with Crippen molar-refractivity contribution in [2.45, 2.75) is 31.3 Å². The van der Waals surface area contributed by atoms with E-state index >= 15 is 0 Å². The summed E-state index contributed by atoms with van der Waals surface area (Å²) >= 11 is 6.09. The van der Waals surface area contributed by atoms with Crippen LogP contribution in [0.3, 0.4) is 0 Å². The van der Waals surface area contributed by atoms with E-state index in [0.29, 0.717) is 17.2 Å². The second-order valence-electron chi connectivity index (χ2n) is 7.65. The van der Waals surface area contributed by atoms with E-state index in [1.807, 2.05) is 24.5 Å². The lowest BCUT2D eigenvalue weighted by molar-refractivity contribution is 0.171. The Bertz CT molecular complexity index is 946. The van der Waals surface area contributed by atoms with Gasteiger partial charge in [-0.05, 0) is 54.5 Å². The van der Waals surface area contributed by atoms with Gasteiger partial charge in [0.25, 0.3) is 0 Å². The molecule has 1 aromatic carbocycles. The van der Waals surface area contributed by atoms with Crippen molar-refractivity contribution >= 4 is 28.2 Å². The minimum Gasteiger partial charge on any atom is -0.353 e. The molecule has 2 aromatic heterocycles. The predicted octanol–water partition coefficient (Wildman–Crippen LogP) is 4.18. The largest absolute Gasteiger partial charge is 0.353 e. The Kier molecular flexibility index (Phi) is 4.46. The van der Waals surface area contributed by atoms with Crippen LogP contribution < -0.4 is 4.90 Å². The summed E-state index contributed by atoms with van der Waals surface area (Å²) in [5, 5.41) is 3.07. The molecule has 2 aliphatic heterocycles. The summed E-state index contributed by atoms with van der Waals surface area (Å²) in [6, 6.07) is 16.0. The lowest BCUT2D eigenvalue weighted by Gasteiger charge is -2.41. The molecule has 5 rings (SSSR count). The van der Waals surface area contributed by atoms with Gasteiger partial charge < -0.3 is 4.90 Å². The van der Waals surface area contributed by atoms with Crippen LogP contribution in [-0.4, -0.2) is 46.6 Å². The monoisotopic (exact) mass is 378 g/mol. The molecule has 2 saturated heterocycles. The van der Waals surface area contributed by atoms with Gasteiger partial charge >= 0.3 is 0 Å². The molecule has 4 heterocycles. The molecule has 3 aromatic rings. The van der Waals surface area contributed by atoms with Crippen LogP contribution in [0, 0.1) is 0 Å². The van der Waals surface area contributed by atoms with E-state index < -0.39 is 0 Å². The predicted molar refractivity (Wildman–Crippen MR) is 110 cm³/mol. The molecule has 2 fully saturated rings. The van der Waals surface area contributed by atoms with Crippen LogP contribution in [0.5, 0.6) is 0 Å². The van der Waals surface area contributed by atoms with Crippen molar-refractivity contribution in [2.75, 3.05) is 24.5 Å². The molecular weight excluding hydrogens is 356 g/mol. The lowest BCUT2D eigenvalue weighted by atomic mass is 10.1. The Labute approximate surface area is 164 Å². The maximum Gasteiger partial charge on any atom is 0.131 e. The third-order valence-corrected chi connectivity index (χ3v) is 6.23. The van der Waals surface area contributed by atoms with Gasteiger partial charge in [-0.15, -0.1) is 0 Å². The van der Waals surface area contributed by atoms with E-state index in [1.165, 1.54) is 29.2 Å². The standard InChI is InChI=1S/C22H23ClN4/c23-21-2-1-3-22(25-21)26-14-19-6-7-20(15-26)27(19)11-9-16-4-5-17-8-10-24-13-18(17)12-16/h1-5,8,10,12-13,19-20H,6-7,9,11,14-15H2. The smallest absolute Gasteiger partial charge is 0.131 e. The van der Waals surface area contributed by atoms with Gasteiger partial charge in [-0.3, -0.25) is 9.88 Å². The molecule has 2 bridgehead atoms. The summed E-state index contributed by atoms with van der Waals surface area (Å²) in [6.07, 6.45) is 7.47. The molecule has 5 heteroatoms. The molecule has 27 heavy (non-hydrogen) atoms. The fourth-order valence-corrected chi connectivity index (χ4v) is 4.82. The van der Waals surface area contributed by atoms with E-state index in [1.54, 1.807) is 0 Å². The molecule has 0 saturated carbocycles. The highest BCUT2D eigenvalue weighted by molar-refractivity contribution is 6.29. The van der Waals surface area contributed by atoms with Crippen LogP contribution in [0.2, 0.25) is 5.15 Å². The highest BCUT2D eigenvalue weighted by Gasteiger charge is 2.39. The van der Waals surface area contributed by atoms with Crippen LogP contribution in [0.4, 0.5) is 5.82 Å². The first kappa shape index (κ1) is 17.0. The maximum absolute atomic E-state index is 6.09. The first-order valence-electron chi connectivity index (χ1n) is 9.72. The van der Waals surface area contributed by atoms with E-state index in [0.717, 1.165) is 31.9 Å². The average molecular weight is 379 g/mol. The third-order valence-electron chi connectivity index (χ3n) is 6.02. The number of rotatable bonds is 4. The third kappa shape index (κ3) is 3.40. The normalized spacial score (nSPS) is 22.5. The van der Waals surface area contributed by atoms with E-state index in [9.17, 15) is 0 Å². The van der Waals surface area contributed by atoms with E-state index in [-0.39, 0.29) is 0 Å². The van der Waals surface area contributed by atoms with Gasteiger partial charge in [0.1, 0.15) is 11.0 Å². The van der Waals surface area contributed by atoms with Crippen molar-refractivity contribution in [2.24, 2.45) is 0 Å². The molecule has 2 aliphatic rings. The van der Waals surface area contributed by atoms with E-state index in [4.69, 9.17) is 11.6 Å². The Morgan fingerprint density at radius 1 is 1.00 bits per heavy atom. The number of pyridine rings is 2. The van der Waals surface area contributed by atoms with Crippen LogP contribution in [0.15, 0.2) is 54.9 Å². The molecule has 4 nitrogen and oxygen atoms in total. The van der Waals surface area contributed by atoms with Crippen molar-refractivity contribution in [1.82, 2.24) is 14.9 Å². The molecule has 2 atom stereocenters. The number of piperazine rings is 1. The zero-order valence-corrected chi connectivity index (χ0v) is 16.0. The SMILES string of the molecule is Clc1cccc(N2CC3CCC(C2)N3CCc2ccc3ccncc3c2)n1. The van der Waals surface area contributed by atoms with Crippen molar-refractivity contribution in [1.29, 1.82) is 0 Å². The molecule has 0 N–H and O–H groups in total. The summed E-state index contributed by atoms with van der Waals surface area (Å²) in [4.78, 5) is 13.9. The molecule has 138 valence electrons. The van der Waals surface area contributed by atoms with Crippen molar-refractivity contribution in [3.8, 4) is 0 Å². The molecule has 0 spiro atoms. The van der Waals surface area contributed by atoms with Crippen molar-refractivity contribution in [3.05, 3.63) is 65.6 Å². The first-order valence-corrected chi connectivity index (χ1v) is 10.1. The van der Waals surface area contributed by atoms with Crippen LogP contribution in [0.25, 0.3) is 10.8 Å².